The van der Waals surface area contributed by atoms with Crippen molar-refractivity contribution in [1.82, 2.24) is 0 Å². The molecule has 0 heterocycles. The van der Waals surface area contributed by atoms with Crippen LogP contribution in [0.3, 0.4) is 0 Å². The van der Waals surface area contributed by atoms with Crippen LogP contribution in [-0.4, -0.2) is 13.1 Å². The van der Waals surface area contributed by atoms with Crippen LogP contribution in [0.25, 0.3) is 0 Å². The molecule has 1 aliphatic carbocycles. The Hall–Kier alpha value is -0.970. The van der Waals surface area contributed by atoms with E-state index in [0.717, 1.165) is 18.8 Å². The third-order valence-corrected chi connectivity index (χ3v) is 2.50. The van der Waals surface area contributed by atoms with E-state index in [2.05, 4.69) is 23.5 Å². The fourth-order valence-electron chi connectivity index (χ4n) is 1.78. The summed E-state index contributed by atoms with van der Waals surface area (Å²) >= 11 is 0. The van der Waals surface area contributed by atoms with E-state index in [1.807, 2.05) is 0 Å². The predicted molar refractivity (Wildman–Crippen MR) is 50.9 cm³/mol. The molecule has 1 fully saturated rings. The summed E-state index contributed by atoms with van der Waals surface area (Å²) in [4.78, 5) is 10.7. The Morgan fingerprint density at radius 3 is 2.85 bits per heavy atom. The number of hydrogen-bond donors (Lipinski definition) is 0. The van der Waals surface area contributed by atoms with Gasteiger partial charge < -0.3 is 4.74 Å². The number of rotatable bonds is 0. The van der Waals surface area contributed by atoms with Crippen molar-refractivity contribution in [3.8, 4) is 11.8 Å². The van der Waals surface area contributed by atoms with Crippen molar-refractivity contribution in [2.24, 2.45) is 11.8 Å². The van der Waals surface area contributed by atoms with Crippen LogP contribution in [0, 0.1) is 23.7 Å². The van der Waals surface area contributed by atoms with Crippen LogP contribution in [0.2, 0.25) is 0 Å². The molecule has 0 spiro atoms. The Balaban J connectivity index is 2.42. The van der Waals surface area contributed by atoms with Crippen molar-refractivity contribution in [1.29, 1.82) is 0 Å². The summed E-state index contributed by atoms with van der Waals surface area (Å²) in [7, 11) is 1.36. The average Bonchev–Trinajstić information content (AvgIpc) is 2.14. The molecule has 0 bridgehead atoms. The van der Waals surface area contributed by atoms with Crippen LogP contribution < -0.4 is 0 Å². The summed E-state index contributed by atoms with van der Waals surface area (Å²) in [6.45, 7) is 2.24. The fraction of sp³-hybridized carbons (Fsp3) is 0.727. The monoisotopic (exact) mass is 180 g/mol. The SMILES string of the molecule is COC(=O)C#CC1CCCC(C)C1. The minimum absolute atomic E-state index is 0.405. The first kappa shape index (κ1) is 10.1. The molecule has 0 radical (unpaired) electrons. The average molecular weight is 180 g/mol. The van der Waals surface area contributed by atoms with E-state index >= 15 is 0 Å². The maximum absolute atomic E-state index is 10.7. The second-order valence-electron chi connectivity index (χ2n) is 3.73. The Bertz CT molecular complexity index is 234. The molecule has 2 atom stereocenters. The zero-order valence-electron chi connectivity index (χ0n) is 8.30. The summed E-state index contributed by atoms with van der Waals surface area (Å²) in [5.74, 6) is 6.23. The first-order valence-electron chi connectivity index (χ1n) is 4.82. The molecule has 0 aromatic carbocycles. The van der Waals surface area contributed by atoms with Crippen LogP contribution >= 0.6 is 0 Å². The molecule has 2 nitrogen and oxygen atoms in total. The minimum atomic E-state index is -0.418. The molecular weight excluding hydrogens is 164 g/mol. The van der Waals surface area contributed by atoms with Gasteiger partial charge in [0.1, 0.15) is 0 Å². The highest BCUT2D eigenvalue weighted by atomic mass is 16.5. The Kier molecular flexibility index (Phi) is 3.82. The highest BCUT2D eigenvalue weighted by Gasteiger charge is 2.16. The van der Waals surface area contributed by atoms with E-state index in [-0.39, 0.29) is 0 Å². The minimum Gasteiger partial charge on any atom is -0.459 e. The highest BCUT2D eigenvalue weighted by Crippen LogP contribution is 2.27. The van der Waals surface area contributed by atoms with E-state index in [1.54, 1.807) is 0 Å². The van der Waals surface area contributed by atoms with Crippen LogP contribution in [-0.2, 0) is 9.53 Å². The molecule has 0 N–H and O–H groups in total. The molecule has 0 aromatic heterocycles. The lowest BCUT2D eigenvalue weighted by atomic mass is 9.83. The van der Waals surface area contributed by atoms with Gasteiger partial charge in [-0.25, -0.2) is 4.79 Å². The third-order valence-electron chi connectivity index (χ3n) is 2.50. The van der Waals surface area contributed by atoms with Crippen molar-refractivity contribution in [3.63, 3.8) is 0 Å². The number of ether oxygens (including phenoxy) is 1. The van der Waals surface area contributed by atoms with Gasteiger partial charge in [-0.3, -0.25) is 0 Å². The number of esters is 1. The predicted octanol–water partition coefficient (Wildman–Crippen LogP) is 1.99. The van der Waals surface area contributed by atoms with Gasteiger partial charge in [-0.1, -0.05) is 25.7 Å². The maximum Gasteiger partial charge on any atom is 0.384 e. The van der Waals surface area contributed by atoms with Gasteiger partial charge >= 0.3 is 5.97 Å². The summed E-state index contributed by atoms with van der Waals surface area (Å²) in [6.07, 6.45) is 4.80. The van der Waals surface area contributed by atoms with E-state index in [0.29, 0.717) is 5.92 Å². The van der Waals surface area contributed by atoms with Crippen molar-refractivity contribution >= 4 is 5.97 Å². The third kappa shape index (κ3) is 3.50. The molecular formula is C11H16O2. The summed E-state index contributed by atoms with van der Waals surface area (Å²) in [5.41, 5.74) is 0. The van der Waals surface area contributed by atoms with E-state index < -0.39 is 5.97 Å². The van der Waals surface area contributed by atoms with Crippen LogP contribution in [0.5, 0.6) is 0 Å². The van der Waals surface area contributed by atoms with Gasteiger partial charge in [0.05, 0.1) is 7.11 Å². The summed E-state index contributed by atoms with van der Waals surface area (Å²) in [6, 6.07) is 0. The molecule has 2 unspecified atom stereocenters. The van der Waals surface area contributed by atoms with Crippen molar-refractivity contribution in [2.75, 3.05) is 7.11 Å². The number of methoxy groups -OCH3 is 1. The Labute approximate surface area is 79.7 Å². The Morgan fingerprint density at radius 1 is 1.46 bits per heavy atom. The van der Waals surface area contributed by atoms with E-state index in [1.165, 1.54) is 20.0 Å². The fourth-order valence-corrected chi connectivity index (χ4v) is 1.78. The molecule has 13 heavy (non-hydrogen) atoms. The van der Waals surface area contributed by atoms with Gasteiger partial charge in [0.15, 0.2) is 0 Å². The van der Waals surface area contributed by atoms with Gasteiger partial charge in [0.25, 0.3) is 0 Å². The van der Waals surface area contributed by atoms with E-state index in [9.17, 15) is 4.79 Å². The molecule has 2 heteroatoms. The summed E-state index contributed by atoms with van der Waals surface area (Å²) in [5, 5.41) is 0. The van der Waals surface area contributed by atoms with Gasteiger partial charge in [-0.2, -0.15) is 0 Å². The molecule has 1 rings (SSSR count). The largest absolute Gasteiger partial charge is 0.459 e. The van der Waals surface area contributed by atoms with Crippen LogP contribution in [0.15, 0.2) is 0 Å². The van der Waals surface area contributed by atoms with Crippen LogP contribution in [0.4, 0.5) is 0 Å². The number of carbonyl (C=O) groups is 1. The molecule has 0 saturated heterocycles. The topological polar surface area (TPSA) is 26.3 Å². The van der Waals surface area contributed by atoms with Crippen molar-refractivity contribution < 1.29 is 9.53 Å². The standard InChI is InChI=1S/C11H16O2/c1-9-4-3-5-10(8-9)6-7-11(12)13-2/h9-10H,3-5,8H2,1-2H3. The molecule has 0 aromatic rings. The molecule has 0 aliphatic heterocycles. The first-order valence-corrected chi connectivity index (χ1v) is 4.82. The first-order chi connectivity index (χ1) is 6.22. The zero-order valence-corrected chi connectivity index (χ0v) is 8.30. The maximum atomic E-state index is 10.7. The molecule has 1 aliphatic rings. The number of carbonyl (C=O) groups excluding carboxylic acids is 1. The second-order valence-corrected chi connectivity index (χ2v) is 3.73. The van der Waals surface area contributed by atoms with Crippen molar-refractivity contribution in [3.05, 3.63) is 0 Å². The normalized spacial score (nSPS) is 27.2. The zero-order chi connectivity index (χ0) is 9.68. The van der Waals surface area contributed by atoms with E-state index in [4.69, 9.17) is 0 Å². The molecule has 72 valence electrons. The number of hydrogen-bond acceptors (Lipinski definition) is 2. The highest BCUT2D eigenvalue weighted by molar-refractivity contribution is 5.88. The van der Waals surface area contributed by atoms with Gasteiger partial charge in [-0.05, 0) is 18.8 Å². The lowest BCUT2D eigenvalue weighted by Crippen LogP contribution is -2.11. The quantitative estimate of drug-likeness (QED) is 0.324. The van der Waals surface area contributed by atoms with Gasteiger partial charge in [0.2, 0.25) is 0 Å². The lowest BCUT2D eigenvalue weighted by Gasteiger charge is -2.22. The van der Waals surface area contributed by atoms with Gasteiger partial charge in [-0.15, -0.1) is 0 Å². The van der Waals surface area contributed by atoms with Crippen molar-refractivity contribution in [2.45, 2.75) is 32.6 Å². The molecule has 1 saturated carbocycles. The summed E-state index contributed by atoms with van der Waals surface area (Å²) < 4.78 is 4.46. The second kappa shape index (κ2) is 4.91. The molecule has 0 amide bonds. The van der Waals surface area contributed by atoms with Crippen LogP contribution in [0.1, 0.15) is 32.6 Å². The lowest BCUT2D eigenvalue weighted by molar-refractivity contribution is -0.133. The Morgan fingerprint density at radius 2 is 2.23 bits per heavy atom. The smallest absolute Gasteiger partial charge is 0.384 e. The van der Waals surface area contributed by atoms with Gasteiger partial charge in [0, 0.05) is 11.8 Å².